The zero-order valence-corrected chi connectivity index (χ0v) is 16.0. The molecule has 1 aromatic heterocycles. The molecule has 1 fully saturated rings. The fourth-order valence-corrected chi connectivity index (χ4v) is 3.57. The monoisotopic (exact) mass is 392 g/mol. The van der Waals surface area contributed by atoms with Crippen LogP contribution >= 0.6 is 0 Å². The predicted octanol–water partition coefficient (Wildman–Crippen LogP) is 2.73. The SMILES string of the molecule is [2H]C1(n2c(C)nc3cc(OCc4ccccc4)cc(N)c3c2=O)CCC(=O)CC1=O. The van der Waals surface area contributed by atoms with Crippen LogP contribution in [-0.4, -0.2) is 21.1 Å². The summed E-state index contributed by atoms with van der Waals surface area (Å²) < 4.78 is 15.5. The Morgan fingerprint density at radius 1 is 1.24 bits per heavy atom. The molecule has 0 amide bonds. The van der Waals surface area contributed by atoms with Crippen molar-refractivity contribution in [2.45, 2.75) is 38.8 Å². The Kier molecular flexibility index (Phi) is 4.56. The molecule has 0 spiro atoms. The highest BCUT2D eigenvalue weighted by molar-refractivity contribution is 6.03. The van der Waals surface area contributed by atoms with E-state index in [2.05, 4.69) is 4.98 Å². The third kappa shape index (κ3) is 3.63. The molecule has 1 aliphatic rings. The van der Waals surface area contributed by atoms with E-state index in [1.807, 2.05) is 30.3 Å². The van der Waals surface area contributed by atoms with E-state index >= 15 is 0 Å². The van der Waals surface area contributed by atoms with Gasteiger partial charge < -0.3 is 10.5 Å². The second-order valence-corrected chi connectivity index (χ2v) is 7.07. The lowest BCUT2D eigenvalue weighted by molar-refractivity contribution is -0.132. The standard InChI is InChI=1S/C22H21N3O4/c1-13-24-18-11-16(29-12-14-5-3-2-4-6-14)10-17(23)21(18)22(28)25(13)19-8-7-15(26)9-20(19)27/h2-6,10-11,19H,7-9,12,23H2,1H3/i19D. The van der Waals surface area contributed by atoms with Gasteiger partial charge in [0, 0.05) is 18.6 Å². The van der Waals surface area contributed by atoms with Gasteiger partial charge in [-0.2, -0.15) is 0 Å². The second kappa shape index (κ2) is 7.50. The molecular formula is C22H21N3O4. The molecular weight excluding hydrogens is 370 g/mol. The number of Topliss-reactive ketones (excluding diaryl/α,β-unsaturated/α-hetero) is 2. The molecule has 4 rings (SSSR count). The summed E-state index contributed by atoms with van der Waals surface area (Å²) in [7, 11) is 0. The number of nitrogens with two attached hydrogens (primary N) is 1. The van der Waals surface area contributed by atoms with E-state index in [9.17, 15) is 14.4 Å². The van der Waals surface area contributed by atoms with Crippen LogP contribution in [0.3, 0.4) is 0 Å². The third-order valence-corrected chi connectivity index (χ3v) is 4.98. The zero-order valence-electron chi connectivity index (χ0n) is 17.0. The van der Waals surface area contributed by atoms with Crippen LogP contribution in [0.1, 0.15) is 38.0 Å². The molecule has 7 nitrogen and oxygen atoms in total. The van der Waals surface area contributed by atoms with Crippen LogP contribution in [0.15, 0.2) is 47.3 Å². The number of ketones is 2. The summed E-state index contributed by atoms with van der Waals surface area (Å²) in [5.74, 6) is -0.147. The number of aryl methyl sites for hydroxylation is 1. The number of hydrogen-bond acceptors (Lipinski definition) is 6. The van der Waals surface area contributed by atoms with Crippen molar-refractivity contribution in [3.8, 4) is 5.75 Å². The number of fused-ring (bicyclic) bond motifs is 1. The molecule has 2 N–H and O–H groups in total. The van der Waals surface area contributed by atoms with E-state index in [1.165, 1.54) is 6.07 Å². The van der Waals surface area contributed by atoms with Crippen molar-refractivity contribution in [1.29, 1.82) is 0 Å². The van der Waals surface area contributed by atoms with Crippen LogP contribution in [0.5, 0.6) is 5.75 Å². The smallest absolute Gasteiger partial charge is 0.264 e. The number of aromatic nitrogens is 2. The fraction of sp³-hybridized carbons (Fsp3) is 0.273. The lowest BCUT2D eigenvalue weighted by atomic mass is 9.92. The van der Waals surface area contributed by atoms with Gasteiger partial charge in [0.15, 0.2) is 5.78 Å². The molecule has 148 valence electrons. The number of carbonyl (C=O) groups excluding carboxylic acids is 2. The topological polar surface area (TPSA) is 104 Å². The summed E-state index contributed by atoms with van der Waals surface area (Å²) >= 11 is 0. The molecule has 1 heterocycles. The summed E-state index contributed by atoms with van der Waals surface area (Å²) in [4.78, 5) is 41.7. The summed E-state index contributed by atoms with van der Waals surface area (Å²) in [5.41, 5.74) is 7.05. The van der Waals surface area contributed by atoms with E-state index in [-0.39, 0.29) is 41.9 Å². The number of benzene rings is 2. The first-order valence-electron chi connectivity index (χ1n) is 9.85. The molecule has 1 unspecified atom stereocenters. The van der Waals surface area contributed by atoms with Crippen molar-refractivity contribution < 1.29 is 15.7 Å². The molecule has 0 bridgehead atoms. The van der Waals surface area contributed by atoms with Crippen LogP contribution < -0.4 is 16.0 Å². The average Bonchev–Trinajstić information content (AvgIpc) is 2.70. The number of rotatable bonds is 4. The van der Waals surface area contributed by atoms with E-state index < -0.39 is 17.4 Å². The van der Waals surface area contributed by atoms with Gasteiger partial charge in [-0.25, -0.2) is 4.98 Å². The van der Waals surface area contributed by atoms with E-state index in [1.54, 1.807) is 13.0 Å². The first-order chi connectivity index (χ1) is 14.3. The van der Waals surface area contributed by atoms with Crippen molar-refractivity contribution >= 4 is 28.2 Å². The minimum absolute atomic E-state index is 0.0588. The Bertz CT molecular complexity index is 1220. The molecule has 1 atom stereocenters. The van der Waals surface area contributed by atoms with Crippen LogP contribution in [0.4, 0.5) is 5.69 Å². The van der Waals surface area contributed by atoms with Crippen molar-refractivity contribution in [1.82, 2.24) is 9.55 Å². The molecule has 1 aliphatic carbocycles. The van der Waals surface area contributed by atoms with Gasteiger partial charge >= 0.3 is 0 Å². The first-order valence-corrected chi connectivity index (χ1v) is 9.35. The van der Waals surface area contributed by atoms with Crippen molar-refractivity contribution in [3.05, 3.63) is 64.2 Å². The lowest BCUT2D eigenvalue weighted by Gasteiger charge is -2.24. The van der Waals surface area contributed by atoms with Crippen LogP contribution in [-0.2, 0) is 16.2 Å². The molecule has 3 aromatic rings. The molecule has 7 heteroatoms. The van der Waals surface area contributed by atoms with Gasteiger partial charge in [0.1, 0.15) is 24.0 Å². The first kappa shape index (κ1) is 17.6. The van der Waals surface area contributed by atoms with E-state index in [4.69, 9.17) is 11.8 Å². The van der Waals surface area contributed by atoms with E-state index in [0.29, 0.717) is 17.9 Å². The maximum absolute atomic E-state index is 13.2. The molecule has 0 saturated heterocycles. The summed E-state index contributed by atoms with van der Waals surface area (Å²) in [6.45, 7) is 1.90. The Morgan fingerprint density at radius 3 is 2.72 bits per heavy atom. The van der Waals surface area contributed by atoms with Gasteiger partial charge in [-0.1, -0.05) is 30.3 Å². The number of nitrogens with zero attached hydrogens (tertiary/aromatic N) is 2. The molecule has 1 saturated carbocycles. The molecule has 0 radical (unpaired) electrons. The van der Waals surface area contributed by atoms with Crippen molar-refractivity contribution in [3.63, 3.8) is 0 Å². The fourth-order valence-electron chi connectivity index (χ4n) is 3.57. The van der Waals surface area contributed by atoms with Gasteiger partial charge in [0.25, 0.3) is 5.56 Å². The quantitative estimate of drug-likeness (QED) is 0.541. The maximum Gasteiger partial charge on any atom is 0.264 e. The van der Waals surface area contributed by atoms with Crippen LogP contribution in [0, 0.1) is 6.92 Å². The van der Waals surface area contributed by atoms with Gasteiger partial charge in [0.05, 0.1) is 30.4 Å². The second-order valence-electron chi connectivity index (χ2n) is 7.07. The summed E-state index contributed by atoms with van der Waals surface area (Å²) in [6, 6.07) is 10.9. The Morgan fingerprint density at radius 2 is 2.00 bits per heavy atom. The number of ether oxygens (including phenoxy) is 1. The van der Waals surface area contributed by atoms with Gasteiger partial charge in [-0.05, 0) is 18.9 Å². The highest BCUT2D eigenvalue weighted by Gasteiger charge is 2.31. The highest BCUT2D eigenvalue weighted by atomic mass is 16.5. The number of carbonyl (C=O) groups is 2. The van der Waals surface area contributed by atoms with Gasteiger partial charge in [-0.15, -0.1) is 0 Å². The number of hydrogen-bond donors (Lipinski definition) is 1. The lowest BCUT2D eigenvalue weighted by Crippen LogP contribution is -2.36. The van der Waals surface area contributed by atoms with Crippen LogP contribution in [0.25, 0.3) is 10.9 Å². The normalized spacial score (nSPS) is 20.0. The Balaban J connectivity index is 1.76. The zero-order chi connectivity index (χ0) is 21.5. The molecule has 0 aliphatic heterocycles. The summed E-state index contributed by atoms with van der Waals surface area (Å²) in [6.07, 6.45) is -0.340. The van der Waals surface area contributed by atoms with Gasteiger partial charge in [-0.3, -0.25) is 19.0 Å². The molecule has 2 aromatic carbocycles. The number of anilines is 1. The van der Waals surface area contributed by atoms with Crippen molar-refractivity contribution in [2.75, 3.05) is 5.73 Å². The minimum Gasteiger partial charge on any atom is -0.489 e. The third-order valence-electron chi connectivity index (χ3n) is 4.98. The number of nitrogen functional groups attached to an aromatic ring is 1. The largest absolute Gasteiger partial charge is 0.489 e. The Labute approximate surface area is 168 Å². The minimum atomic E-state index is -1.86. The summed E-state index contributed by atoms with van der Waals surface area (Å²) in [5, 5.41) is 0.129. The average molecular weight is 392 g/mol. The van der Waals surface area contributed by atoms with Crippen LogP contribution in [0.2, 0.25) is 0 Å². The van der Waals surface area contributed by atoms with Crippen molar-refractivity contribution in [2.24, 2.45) is 0 Å². The van der Waals surface area contributed by atoms with E-state index in [0.717, 1.165) is 10.1 Å². The maximum atomic E-state index is 13.2. The molecule has 29 heavy (non-hydrogen) atoms. The van der Waals surface area contributed by atoms with Gasteiger partial charge in [0.2, 0.25) is 0 Å². The predicted molar refractivity (Wildman–Crippen MR) is 109 cm³/mol. The highest BCUT2D eigenvalue weighted by Crippen LogP contribution is 2.28. The Hall–Kier alpha value is -3.48.